The molecule has 2 rings (SSSR count). The standard InChI is InChI=1S/C16H23ClN2O4S/c1-5-23-15-9-14(15)18-16(20)12-8-11(6-7-13(12)17)24(21,22)19(4)10(2)3/h6-8,10,14-15H,5,9H2,1-4H3,(H,18,20)/t14-,15+/m1/s1. The van der Waals surface area contributed by atoms with Gasteiger partial charge in [0.05, 0.1) is 27.6 Å². The number of amides is 1. The minimum absolute atomic E-state index is 0.0247. The van der Waals surface area contributed by atoms with Gasteiger partial charge in [0.25, 0.3) is 5.91 Å². The maximum absolute atomic E-state index is 12.6. The molecule has 1 fully saturated rings. The second kappa shape index (κ2) is 7.39. The van der Waals surface area contributed by atoms with Crippen LogP contribution in [0.4, 0.5) is 0 Å². The van der Waals surface area contributed by atoms with Gasteiger partial charge in [0.1, 0.15) is 0 Å². The molecule has 24 heavy (non-hydrogen) atoms. The Balaban J connectivity index is 2.21. The van der Waals surface area contributed by atoms with E-state index in [4.69, 9.17) is 16.3 Å². The molecule has 8 heteroatoms. The van der Waals surface area contributed by atoms with Crippen molar-refractivity contribution in [2.24, 2.45) is 0 Å². The van der Waals surface area contributed by atoms with Crippen LogP contribution in [0.25, 0.3) is 0 Å². The summed E-state index contributed by atoms with van der Waals surface area (Å²) in [6.45, 7) is 6.05. The number of hydrogen-bond donors (Lipinski definition) is 1. The first-order chi connectivity index (χ1) is 11.2. The average molecular weight is 375 g/mol. The largest absolute Gasteiger partial charge is 0.376 e. The van der Waals surface area contributed by atoms with E-state index in [9.17, 15) is 13.2 Å². The molecular formula is C16H23ClN2O4S. The van der Waals surface area contributed by atoms with Gasteiger partial charge in [0.15, 0.2) is 0 Å². The maximum atomic E-state index is 12.6. The SMILES string of the molecule is CCO[C@H]1C[C@H]1NC(=O)c1cc(S(=O)(=O)N(C)C(C)C)ccc1Cl. The van der Waals surface area contributed by atoms with Crippen molar-refractivity contribution < 1.29 is 17.9 Å². The zero-order valence-electron chi connectivity index (χ0n) is 14.2. The van der Waals surface area contributed by atoms with Crippen LogP contribution in [0.1, 0.15) is 37.6 Å². The second-order valence-electron chi connectivity index (χ2n) is 6.07. The molecule has 0 aromatic heterocycles. The number of nitrogens with one attached hydrogen (secondary N) is 1. The molecule has 1 saturated carbocycles. The first kappa shape index (κ1) is 19.2. The smallest absolute Gasteiger partial charge is 0.253 e. The third kappa shape index (κ3) is 4.08. The molecule has 0 saturated heterocycles. The fourth-order valence-corrected chi connectivity index (χ4v) is 3.85. The number of carbonyl (C=O) groups is 1. The monoisotopic (exact) mass is 374 g/mol. The normalized spacial score (nSPS) is 20.5. The Morgan fingerprint density at radius 1 is 1.46 bits per heavy atom. The molecule has 1 aliphatic carbocycles. The van der Waals surface area contributed by atoms with Crippen LogP contribution < -0.4 is 5.32 Å². The van der Waals surface area contributed by atoms with Crippen molar-refractivity contribution in [3.8, 4) is 0 Å². The molecule has 1 aromatic rings. The van der Waals surface area contributed by atoms with E-state index in [-0.39, 0.29) is 33.7 Å². The van der Waals surface area contributed by atoms with Gasteiger partial charge in [-0.2, -0.15) is 4.31 Å². The first-order valence-electron chi connectivity index (χ1n) is 7.88. The molecule has 2 atom stereocenters. The Kier molecular flexibility index (Phi) is 5.91. The molecular weight excluding hydrogens is 352 g/mol. The van der Waals surface area contributed by atoms with E-state index < -0.39 is 15.9 Å². The van der Waals surface area contributed by atoms with E-state index in [1.54, 1.807) is 13.8 Å². The first-order valence-corrected chi connectivity index (χ1v) is 9.70. The highest BCUT2D eigenvalue weighted by Crippen LogP contribution is 2.27. The molecule has 6 nitrogen and oxygen atoms in total. The van der Waals surface area contributed by atoms with E-state index >= 15 is 0 Å². The second-order valence-corrected chi connectivity index (χ2v) is 8.47. The van der Waals surface area contributed by atoms with Gasteiger partial charge in [0, 0.05) is 19.7 Å². The molecule has 1 aromatic carbocycles. The Labute approximate surface area is 148 Å². The third-order valence-electron chi connectivity index (χ3n) is 4.02. The fraction of sp³-hybridized carbons (Fsp3) is 0.562. The zero-order chi connectivity index (χ0) is 18.1. The lowest BCUT2D eigenvalue weighted by Crippen LogP contribution is -2.33. The number of sulfonamides is 1. The number of hydrogen-bond acceptors (Lipinski definition) is 4. The van der Waals surface area contributed by atoms with Gasteiger partial charge in [-0.15, -0.1) is 0 Å². The fourth-order valence-electron chi connectivity index (χ4n) is 2.25. The summed E-state index contributed by atoms with van der Waals surface area (Å²) in [5, 5.41) is 3.03. The van der Waals surface area contributed by atoms with Gasteiger partial charge in [-0.3, -0.25) is 4.79 Å². The molecule has 134 valence electrons. The number of halogens is 1. The van der Waals surface area contributed by atoms with E-state index in [1.165, 1.54) is 29.6 Å². The van der Waals surface area contributed by atoms with Gasteiger partial charge in [-0.1, -0.05) is 11.6 Å². The summed E-state index contributed by atoms with van der Waals surface area (Å²) in [7, 11) is -2.17. The van der Waals surface area contributed by atoms with Crippen LogP contribution in [0.5, 0.6) is 0 Å². The molecule has 0 aliphatic heterocycles. The van der Waals surface area contributed by atoms with Crippen LogP contribution in [0.3, 0.4) is 0 Å². The molecule has 0 radical (unpaired) electrons. The van der Waals surface area contributed by atoms with Gasteiger partial charge in [-0.05, 0) is 45.4 Å². The van der Waals surface area contributed by atoms with Crippen LogP contribution in [0, 0.1) is 0 Å². The Morgan fingerprint density at radius 2 is 2.12 bits per heavy atom. The average Bonchev–Trinajstić information content (AvgIpc) is 3.24. The van der Waals surface area contributed by atoms with Crippen LogP contribution in [-0.4, -0.2) is 50.5 Å². The van der Waals surface area contributed by atoms with Crippen molar-refractivity contribution in [3.05, 3.63) is 28.8 Å². The lowest BCUT2D eigenvalue weighted by Gasteiger charge is -2.21. The number of ether oxygens (including phenoxy) is 1. The molecule has 1 aliphatic rings. The summed E-state index contributed by atoms with van der Waals surface area (Å²) in [6.07, 6.45) is 0.780. The summed E-state index contributed by atoms with van der Waals surface area (Å²) in [6, 6.07) is 3.93. The van der Waals surface area contributed by atoms with Crippen molar-refractivity contribution in [1.82, 2.24) is 9.62 Å². The van der Waals surface area contributed by atoms with Gasteiger partial charge in [0.2, 0.25) is 10.0 Å². The van der Waals surface area contributed by atoms with E-state index in [0.717, 1.165) is 6.42 Å². The highest BCUT2D eigenvalue weighted by molar-refractivity contribution is 7.89. The molecule has 0 heterocycles. The summed E-state index contributed by atoms with van der Waals surface area (Å²) >= 11 is 6.08. The predicted octanol–water partition coefficient (Wildman–Crippen LogP) is 2.28. The lowest BCUT2D eigenvalue weighted by atomic mass is 10.2. The molecule has 0 spiro atoms. The van der Waals surface area contributed by atoms with Crippen LogP contribution >= 0.6 is 11.6 Å². The summed E-state index contributed by atoms with van der Waals surface area (Å²) in [5.41, 5.74) is 0.150. The van der Waals surface area contributed by atoms with Gasteiger partial charge in [-0.25, -0.2) is 8.42 Å². The van der Waals surface area contributed by atoms with Crippen LogP contribution in [0.15, 0.2) is 23.1 Å². The minimum Gasteiger partial charge on any atom is -0.376 e. The van der Waals surface area contributed by atoms with E-state index in [0.29, 0.717) is 6.61 Å². The van der Waals surface area contributed by atoms with E-state index in [1.807, 2.05) is 6.92 Å². The quantitative estimate of drug-likeness (QED) is 0.794. The predicted molar refractivity (Wildman–Crippen MR) is 92.8 cm³/mol. The van der Waals surface area contributed by atoms with Gasteiger partial charge < -0.3 is 10.1 Å². The summed E-state index contributed by atoms with van der Waals surface area (Å²) < 4.78 is 31.8. The van der Waals surface area contributed by atoms with Crippen LogP contribution in [0.2, 0.25) is 5.02 Å². The van der Waals surface area contributed by atoms with Crippen molar-refractivity contribution >= 4 is 27.5 Å². The maximum Gasteiger partial charge on any atom is 0.253 e. The van der Waals surface area contributed by atoms with Crippen molar-refractivity contribution in [2.45, 2.75) is 50.3 Å². The van der Waals surface area contributed by atoms with Crippen molar-refractivity contribution in [1.29, 1.82) is 0 Å². The highest BCUT2D eigenvalue weighted by atomic mass is 35.5. The minimum atomic E-state index is -3.67. The Morgan fingerprint density at radius 3 is 2.71 bits per heavy atom. The van der Waals surface area contributed by atoms with Crippen LogP contribution in [-0.2, 0) is 14.8 Å². The topological polar surface area (TPSA) is 75.7 Å². The molecule has 0 bridgehead atoms. The number of benzene rings is 1. The van der Waals surface area contributed by atoms with Crippen molar-refractivity contribution in [3.63, 3.8) is 0 Å². The zero-order valence-corrected chi connectivity index (χ0v) is 15.8. The van der Waals surface area contributed by atoms with E-state index in [2.05, 4.69) is 5.32 Å². The Bertz CT molecular complexity index is 721. The Hall–Kier alpha value is -1.15. The van der Waals surface area contributed by atoms with Crippen molar-refractivity contribution in [2.75, 3.05) is 13.7 Å². The number of rotatable bonds is 7. The van der Waals surface area contributed by atoms with Gasteiger partial charge >= 0.3 is 0 Å². The third-order valence-corrected chi connectivity index (χ3v) is 6.37. The number of carbonyl (C=O) groups excluding carboxylic acids is 1. The summed E-state index contributed by atoms with van der Waals surface area (Å²) in [4.78, 5) is 12.4. The highest BCUT2D eigenvalue weighted by Gasteiger charge is 2.39. The molecule has 1 amide bonds. The lowest BCUT2D eigenvalue weighted by molar-refractivity contribution is 0.0914. The number of nitrogens with zero attached hydrogens (tertiary/aromatic N) is 1. The summed E-state index contributed by atoms with van der Waals surface area (Å²) in [5.74, 6) is -0.392. The molecule has 0 unspecified atom stereocenters. The molecule has 1 N–H and O–H groups in total.